The monoisotopic (exact) mass is 431 g/mol. The highest BCUT2D eigenvalue weighted by molar-refractivity contribution is 6.00. The van der Waals surface area contributed by atoms with Crippen LogP contribution in [-0.4, -0.2) is 47.2 Å². The first-order valence-electron chi connectivity index (χ1n) is 10.8. The number of carbonyl (C=O) groups is 1. The van der Waals surface area contributed by atoms with Crippen molar-refractivity contribution < 1.29 is 14.6 Å². The minimum Gasteiger partial charge on any atom is -0.487 e. The quantitative estimate of drug-likeness (QED) is 0.584. The summed E-state index contributed by atoms with van der Waals surface area (Å²) in [6, 6.07) is 8.00. The van der Waals surface area contributed by atoms with Crippen LogP contribution in [0.15, 0.2) is 24.3 Å². The number of hydrogen-bond acceptors (Lipinski definition) is 5. The molecule has 4 atom stereocenters. The largest absolute Gasteiger partial charge is 0.487 e. The fraction of sp³-hybridized carbons (Fsp3) is 0.522. The Balaban J connectivity index is 0.00000218. The number of aromatic amines is 1. The second-order valence-electron chi connectivity index (χ2n) is 8.64. The number of aliphatic hydroxyl groups is 1. The predicted octanol–water partition coefficient (Wildman–Crippen LogP) is 3.02. The van der Waals surface area contributed by atoms with Gasteiger partial charge in [-0.3, -0.25) is 4.79 Å². The SMILES string of the molecule is Cc1cc2c([nH]1)CCC(CNC1CCC(Oc3cccc4c3CCN4)C1O)C2=O.Cl. The lowest BCUT2D eigenvalue weighted by molar-refractivity contribution is 0.0437. The number of ketones is 1. The molecular weight excluding hydrogens is 402 g/mol. The van der Waals surface area contributed by atoms with Crippen molar-refractivity contribution >= 4 is 23.9 Å². The van der Waals surface area contributed by atoms with Crippen LogP contribution in [0.4, 0.5) is 5.69 Å². The smallest absolute Gasteiger partial charge is 0.169 e. The number of benzene rings is 1. The average molecular weight is 432 g/mol. The lowest BCUT2D eigenvalue weighted by Crippen LogP contribution is -2.44. The number of aryl methyl sites for hydroxylation is 2. The molecule has 0 radical (unpaired) electrons. The van der Waals surface area contributed by atoms with Crippen LogP contribution >= 0.6 is 12.4 Å². The van der Waals surface area contributed by atoms with E-state index in [-0.39, 0.29) is 36.3 Å². The number of rotatable bonds is 5. The van der Waals surface area contributed by atoms with Gasteiger partial charge in [0.05, 0.1) is 0 Å². The van der Waals surface area contributed by atoms with Gasteiger partial charge in [0.1, 0.15) is 18.0 Å². The Morgan fingerprint density at radius 3 is 2.97 bits per heavy atom. The van der Waals surface area contributed by atoms with Crippen molar-refractivity contribution in [2.45, 2.75) is 57.3 Å². The molecule has 4 N–H and O–H groups in total. The molecule has 1 aromatic carbocycles. The maximum atomic E-state index is 12.8. The van der Waals surface area contributed by atoms with Crippen molar-refractivity contribution in [1.29, 1.82) is 0 Å². The molecule has 2 heterocycles. The Morgan fingerprint density at radius 1 is 1.23 bits per heavy atom. The second-order valence-corrected chi connectivity index (χ2v) is 8.64. The van der Waals surface area contributed by atoms with Gasteiger partial charge in [-0.2, -0.15) is 0 Å². The van der Waals surface area contributed by atoms with Gasteiger partial charge in [-0.15, -0.1) is 12.4 Å². The van der Waals surface area contributed by atoms with Crippen LogP contribution in [0.2, 0.25) is 0 Å². The molecule has 1 aliphatic heterocycles. The maximum Gasteiger partial charge on any atom is 0.169 e. The maximum absolute atomic E-state index is 12.8. The van der Waals surface area contributed by atoms with E-state index >= 15 is 0 Å². The van der Waals surface area contributed by atoms with Crippen molar-refractivity contribution in [2.75, 3.05) is 18.4 Å². The number of H-pyrrole nitrogens is 1. The lowest BCUT2D eigenvalue weighted by atomic mass is 9.86. The van der Waals surface area contributed by atoms with E-state index in [1.165, 1.54) is 5.56 Å². The van der Waals surface area contributed by atoms with Gasteiger partial charge in [0, 0.05) is 53.3 Å². The molecule has 5 rings (SSSR count). The van der Waals surface area contributed by atoms with Gasteiger partial charge in [-0.25, -0.2) is 0 Å². The summed E-state index contributed by atoms with van der Waals surface area (Å²) in [6.07, 6.45) is 3.62. The third-order valence-electron chi connectivity index (χ3n) is 6.70. The first-order chi connectivity index (χ1) is 14.1. The molecule has 0 spiro atoms. The van der Waals surface area contributed by atoms with E-state index in [9.17, 15) is 9.90 Å². The van der Waals surface area contributed by atoms with Crippen LogP contribution in [0.5, 0.6) is 5.75 Å². The third-order valence-corrected chi connectivity index (χ3v) is 6.70. The summed E-state index contributed by atoms with van der Waals surface area (Å²) < 4.78 is 6.22. The zero-order valence-corrected chi connectivity index (χ0v) is 18.1. The average Bonchev–Trinajstić information content (AvgIpc) is 3.42. The zero-order valence-electron chi connectivity index (χ0n) is 17.2. The van der Waals surface area contributed by atoms with E-state index in [1.54, 1.807) is 0 Å². The molecule has 1 saturated carbocycles. The Bertz CT molecular complexity index is 928. The summed E-state index contributed by atoms with van der Waals surface area (Å²) in [5.74, 6) is 1.08. The number of carbonyl (C=O) groups excluding carboxylic acids is 1. The summed E-state index contributed by atoms with van der Waals surface area (Å²) >= 11 is 0. The first-order valence-corrected chi connectivity index (χ1v) is 10.8. The van der Waals surface area contributed by atoms with Crippen molar-refractivity contribution in [3.05, 3.63) is 46.8 Å². The Morgan fingerprint density at radius 2 is 2.10 bits per heavy atom. The minimum atomic E-state index is -0.566. The molecule has 0 saturated heterocycles. The third kappa shape index (κ3) is 3.84. The van der Waals surface area contributed by atoms with E-state index in [0.717, 1.165) is 67.0 Å². The molecule has 2 aromatic rings. The van der Waals surface area contributed by atoms with Crippen LogP contribution < -0.4 is 15.4 Å². The van der Waals surface area contributed by atoms with Gasteiger partial charge in [-0.05, 0) is 57.2 Å². The van der Waals surface area contributed by atoms with Crippen molar-refractivity contribution in [3.63, 3.8) is 0 Å². The molecule has 0 bridgehead atoms. The number of fused-ring (bicyclic) bond motifs is 2. The molecule has 7 heteroatoms. The molecule has 1 fully saturated rings. The first kappa shape index (κ1) is 21.2. The van der Waals surface area contributed by atoms with Crippen molar-refractivity contribution in [2.24, 2.45) is 5.92 Å². The van der Waals surface area contributed by atoms with Gasteiger partial charge in [0.15, 0.2) is 5.78 Å². The molecule has 0 amide bonds. The van der Waals surface area contributed by atoms with E-state index in [2.05, 4.69) is 21.7 Å². The molecule has 30 heavy (non-hydrogen) atoms. The summed E-state index contributed by atoms with van der Waals surface area (Å²) in [4.78, 5) is 16.1. The van der Waals surface area contributed by atoms with Gasteiger partial charge in [0.2, 0.25) is 0 Å². The minimum absolute atomic E-state index is 0. The normalized spacial score (nSPS) is 27.2. The number of nitrogens with one attached hydrogen (secondary N) is 3. The predicted molar refractivity (Wildman–Crippen MR) is 119 cm³/mol. The topological polar surface area (TPSA) is 86.4 Å². The number of halogens is 1. The molecule has 162 valence electrons. The number of hydrogen-bond donors (Lipinski definition) is 4. The second kappa shape index (κ2) is 8.61. The highest BCUT2D eigenvalue weighted by Gasteiger charge is 2.38. The Labute approximate surface area is 183 Å². The summed E-state index contributed by atoms with van der Waals surface area (Å²) in [6.45, 7) is 3.54. The fourth-order valence-corrected chi connectivity index (χ4v) is 5.10. The van der Waals surface area contributed by atoms with Gasteiger partial charge >= 0.3 is 0 Å². The standard InChI is InChI=1S/C23H29N3O3.ClH/c1-13-11-16-18(26-13)6-5-14(22(16)27)12-25-19-7-8-21(23(19)28)29-20-4-2-3-17-15(20)9-10-24-17;/h2-4,11,14,19,21,23-26,28H,5-10,12H2,1H3;1H. The van der Waals surface area contributed by atoms with Crippen LogP contribution in [-0.2, 0) is 12.8 Å². The van der Waals surface area contributed by atoms with Crippen molar-refractivity contribution in [3.8, 4) is 5.75 Å². The van der Waals surface area contributed by atoms with Crippen molar-refractivity contribution in [1.82, 2.24) is 10.3 Å². The van der Waals surface area contributed by atoms with Crippen LogP contribution in [0.1, 0.15) is 46.6 Å². The van der Waals surface area contributed by atoms with E-state index in [1.807, 2.05) is 25.1 Å². The van der Waals surface area contributed by atoms with E-state index in [4.69, 9.17) is 4.74 Å². The summed E-state index contributed by atoms with van der Waals surface area (Å²) in [5.41, 5.74) is 5.32. The zero-order chi connectivity index (χ0) is 20.0. The number of Topliss-reactive ketones (excluding diaryl/α,β-unsaturated/α-hetero) is 1. The lowest BCUT2D eigenvalue weighted by Gasteiger charge is -2.26. The fourth-order valence-electron chi connectivity index (χ4n) is 5.10. The highest BCUT2D eigenvalue weighted by Crippen LogP contribution is 2.34. The van der Waals surface area contributed by atoms with E-state index in [0.29, 0.717) is 6.54 Å². The number of anilines is 1. The van der Waals surface area contributed by atoms with Crippen LogP contribution in [0.25, 0.3) is 0 Å². The summed E-state index contributed by atoms with van der Waals surface area (Å²) in [5, 5.41) is 17.7. The molecule has 1 aromatic heterocycles. The Kier molecular flexibility index (Phi) is 6.09. The van der Waals surface area contributed by atoms with Gasteiger partial charge in [0.25, 0.3) is 0 Å². The van der Waals surface area contributed by atoms with Crippen LogP contribution in [0.3, 0.4) is 0 Å². The van der Waals surface area contributed by atoms with E-state index < -0.39 is 6.10 Å². The molecule has 3 aliphatic rings. The van der Waals surface area contributed by atoms with Gasteiger partial charge in [-0.1, -0.05) is 6.07 Å². The molecule has 4 unspecified atom stereocenters. The highest BCUT2D eigenvalue weighted by atomic mass is 35.5. The number of ether oxygens (including phenoxy) is 1. The molecule has 2 aliphatic carbocycles. The number of aromatic nitrogens is 1. The number of aliphatic hydroxyl groups excluding tert-OH is 1. The van der Waals surface area contributed by atoms with Gasteiger partial charge < -0.3 is 25.5 Å². The summed E-state index contributed by atoms with van der Waals surface area (Å²) in [7, 11) is 0. The molecular formula is C23H30ClN3O3. The van der Waals surface area contributed by atoms with Crippen LogP contribution in [0, 0.1) is 12.8 Å². The molecule has 6 nitrogen and oxygen atoms in total. The Hall–Kier alpha value is -2.02.